The van der Waals surface area contributed by atoms with Gasteiger partial charge in [-0.3, -0.25) is 10.1 Å². The van der Waals surface area contributed by atoms with Gasteiger partial charge in [-0.2, -0.15) is 0 Å². The van der Waals surface area contributed by atoms with Gasteiger partial charge in [0.1, 0.15) is 0 Å². The highest BCUT2D eigenvalue weighted by Crippen LogP contribution is 2.24. The molecule has 0 radical (unpaired) electrons. The Bertz CT molecular complexity index is 545. The average molecular weight is 291 g/mol. The van der Waals surface area contributed by atoms with Gasteiger partial charge in [0.15, 0.2) is 0 Å². The topological polar surface area (TPSA) is 84.3 Å². The van der Waals surface area contributed by atoms with Crippen LogP contribution in [0.25, 0.3) is 0 Å². The highest BCUT2D eigenvalue weighted by molar-refractivity contribution is 5.90. The number of hydrogen-bond donors (Lipinski definition) is 2. The second-order valence-corrected chi connectivity index (χ2v) is 5.82. The number of anilines is 1. The van der Waals surface area contributed by atoms with Gasteiger partial charge >= 0.3 is 6.03 Å². The molecule has 1 aromatic carbocycles. The van der Waals surface area contributed by atoms with Crippen LogP contribution in [0.2, 0.25) is 0 Å². The number of carbonyl (C=O) groups excluding carboxylic acids is 1. The van der Waals surface area contributed by atoms with E-state index in [9.17, 15) is 14.9 Å². The van der Waals surface area contributed by atoms with E-state index >= 15 is 0 Å². The Kier molecular flexibility index (Phi) is 4.77. The van der Waals surface area contributed by atoms with Crippen LogP contribution in [-0.4, -0.2) is 17.0 Å². The highest BCUT2D eigenvalue weighted by atomic mass is 16.6. The molecule has 1 aliphatic rings. The van der Waals surface area contributed by atoms with Crippen molar-refractivity contribution in [2.24, 2.45) is 5.92 Å². The zero-order chi connectivity index (χ0) is 15.4. The third kappa shape index (κ3) is 4.18. The Morgan fingerprint density at radius 1 is 1.38 bits per heavy atom. The summed E-state index contributed by atoms with van der Waals surface area (Å²) in [6.45, 7) is 4.00. The molecule has 2 N–H and O–H groups in total. The SMILES string of the molecule is Cc1ccc([N+](=O)[O-])cc1NC(=O)N[C@@H]1CCC[C@H](C)C1. The average Bonchev–Trinajstić information content (AvgIpc) is 2.41. The summed E-state index contributed by atoms with van der Waals surface area (Å²) in [6, 6.07) is 4.35. The lowest BCUT2D eigenvalue weighted by Gasteiger charge is -2.27. The molecule has 1 fully saturated rings. The first-order chi connectivity index (χ1) is 9.95. The lowest BCUT2D eigenvalue weighted by atomic mass is 9.87. The number of benzene rings is 1. The molecule has 1 aromatic rings. The fourth-order valence-corrected chi connectivity index (χ4v) is 2.77. The van der Waals surface area contributed by atoms with Crippen molar-refractivity contribution in [3.63, 3.8) is 0 Å². The minimum absolute atomic E-state index is 0.0258. The Labute approximate surface area is 124 Å². The van der Waals surface area contributed by atoms with Crippen molar-refractivity contribution in [1.29, 1.82) is 0 Å². The predicted molar refractivity (Wildman–Crippen MR) is 81.4 cm³/mol. The summed E-state index contributed by atoms with van der Waals surface area (Å²) in [5.74, 6) is 0.628. The molecular formula is C15H21N3O3. The zero-order valence-electron chi connectivity index (χ0n) is 12.4. The number of non-ortho nitro benzene ring substituents is 1. The third-order valence-electron chi connectivity index (χ3n) is 3.95. The summed E-state index contributed by atoms with van der Waals surface area (Å²) < 4.78 is 0. The molecule has 6 nitrogen and oxygen atoms in total. The summed E-state index contributed by atoms with van der Waals surface area (Å²) in [6.07, 6.45) is 4.32. The number of amides is 2. The largest absolute Gasteiger partial charge is 0.335 e. The number of nitrogens with one attached hydrogen (secondary N) is 2. The monoisotopic (exact) mass is 291 g/mol. The van der Waals surface area contributed by atoms with Crippen molar-refractivity contribution in [1.82, 2.24) is 5.32 Å². The van der Waals surface area contributed by atoms with E-state index in [4.69, 9.17) is 0 Å². The van der Waals surface area contributed by atoms with Crippen molar-refractivity contribution < 1.29 is 9.72 Å². The van der Waals surface area contributed by atoms with Gasteiger partial charge in [-0.1, -0.05) is 25.8 Å². The lowest BCUT2D eigenvalue weighted by molar-refractivity contribution is -0.384. The van der Waals surface area contributed by atoms with Crippen molar-refractivity contribution in [3.8, 4) is 0 Å². The van der Waals surface area contributed by atoms with Crippen LogP contribution in [0.15, 0.2) is 18.2 Å². The number of aryl methyl sites for hydroxylation is 1. The Morgan fingerprint density at radius 3 is 2.81 bits per heavy atom. The molecule has 2 rings (SSSR count). The van der Waals surface area contributed by atoms with Crippen LogP contribution in [0.5, 0.6) is 0 Å². The fourth-order valence-electron chi connectivity index (χ4n) is 2.77. The van der Waals surface area contributed by atoms with Crippen LogP contribution >= 0.6 is 0 Å². The smallest absolute Gasteiger partial charge is 0.319 e. The summed E-state index contributed by atoms with van der Waals surface area (Å²) in [4.78, 5) is 22.3. The second kappa shape index (κ2) is 6.56. The predicted octanol–water partition coefficient (Wildman–Crippen LogP) is 3.60. The Balaban J connectivity index is 1.99. The number of hydrogen-bond acceptors (Lipinski definition) is 3. The van der Waals surface area contributed by atoms with Crippen LogP contribution in [0.4, 0.5) is 16.2 Å². The first-order valence-corrected chi connectivity index (χ1v) is 7.28. The van der Waals surface area contributed by atoms with Gasteiger partial charge in [0.05, 0.1) is 10.6 Å². The van der Waals surface area contributed by atoms with Crippen molar-refractivity contribution in [2.75, 3.05) is 5.32 Å². The molecule has 114 valence electrons. The van der Waals surface area contributed by atoms with Crippen molar-refractivity contribution >= 4 is 17.4 Å². The Hall–Kier alpha value is -2.11. The van der Waals surface area contributed by atoms with E-state index in [2.05, 4.69) is 17.6 Å². The molecule has 0 bridgehead atoms. The second-order valence-electron chi connectivity index (χ2n) is 5.82. The minimum atomic E-state index is -0.467. The molecule has 0 aromatic heterocycles. The highest BCUT2D eigenvalue weighted by Gasteiger charge is 2.20. The molecule has 0 unspecified atom stereocenters. The molecular weight excluding hydrogens is 270 g/mol. The number of nitro benzene ring substituents is 1. The summed E-state index contributed by atoms with van der Waals surface area (Å²) >= 11 is 0. The van der Waals surface area contributed by atoms with Crippen LogP contribution in [0, 0.1) is 23.0 Å². The van der Waals surface area contributed by atoms with Crippen molar-refractivity contribution in [2.45, 2.75) is 45.6 Å². The van der Waals surface area contributed by atoms with Crippen LogP contribution in [0.3, 0.4) is 0 Å². The normalized spacial score (nSPS) is 21.6. The van der Waals surface area contributed by atoms with Crippen LogP contribution in [-0.2, 0) is 0 Å². The van der Waals surface area contributed by atoms with Crippen molar-refractivity contribution in [3.05, 3.63) is 33.9 Å². The van der Waals surface area contributed by atoms with E-state index in [1.54, 1.807) is 6.07 Å². The molecule has 0 heterocycles. The van der Waals surface area contributed by atoms with Gasteiger partial charge in [0.25, 0.3) is 5.69 Å². The van der Waals surface area contributed by atoms with Gasteiger partial charge in [0, 0.05) is 18.2 Å². The van der Waals surface area contributed by atoms with Gasteiger partial charge < -0.3 is 10.6 Å². The number of nitro groups is 1. The zero-order valence-corrected chi connectivity index (χ0v) is 12.4. The molecule has 2 amide bonds. The van der Waals surface area contributed by atoms with Gasteiger partial charge in [0.2, 0.25) is 0 Å². The molecule has 0 saturated heterocycles. The van der Waals surface area contributed by atoms with Gasteiger partial charge in [-0.15, -0.1) is 0 Å². The van der Waals surface area contributed by atoms with E-state index in [-0.39, 0.29) is 17.8 Å². The summed E-state index contributed by atoms with van der Waals surface area (Å²) in [7, 11) is 0. The van der Waals surface area contributed by atoms with E-state index < -0.39 is 4.92 Å². The van der Waals surface area contributed by atoms with E-state index in [1.165, 1.54) is 18.6 Å². The molecule has 1 aliphatic carbocycles. The van der Waals surface area contributed by atoms with Gasteiger partial charge in [-0.05, 0) is 31.2 Å². The third-order valence-corrected chi connectivity index (χ3v) is 3.95. The maximum absolute atomic E-state index is 12.0. The molecule has 2 atom stereocenters. The standard InChI is InChI=1S/C15H21N3O3/c1-10-4-3-5-12(8-10)16-15(19)17-14-9-13(18(20)21)7-6-11(14)2/h6-7,9-10,12H,3-5,8H2,1-2H3,(H2,16,17,19)/t10-,12+/m0/s1. The quantitative estimate of drug-likeness (QED) is 0.659. The number of rotatable bonds is 3. The first kappa shape index (κ1) is 15.3. The Morgan fingerprint density at radius 2 is 2.14 bits per heavy atom. The molecule has 0 aliphatic heterocycles. The molecule has 21 heavy (non-hydrogen) atoms. The minimum Gasteiger partial charge on any atom is -0.335 e. The number of carbonyl (C=O) groups is 1. The molecule has 6 heteroatoms. The maximum Gasteiger partial charge on any atom is 0.319 e. The van der Waals surface area contributed by atoms with Gasteiger partial charge in [-0.25, -0.2) is 4.79 Å². The number of urea groups is 1. The fraction of sp³-hybridized carbons (Fsp3) is 0.533. The van der Waals surface area contributed by atoms with E-state index in [0.29, 0.717) is 11.6 Å². The first-order valence-electron chi connectivity index (χ1n) is 7.28. The summed E-state index contributed by atoms with van der Waals surface area (Å²) in [5, 5.41) is 16.4. The van der Waals surface area contributed by atoms with Crippen LogP contribution in [0.1, 0.15) is 38.2 Å². The molecule has 1 saturated carbocycles. The van der Waals surface area contributed by atoms with Crippen LogP contribution < -0.4 is 10.6 Å². The summed E-state index contributed by atoms with van der Waals surface area (Å²) in [5.41, 5.74) is 1.25. The van der Waals surface area contributed by atoms with E-state index in [1.807, 2.05) is 6.92 Å². The maximum atomic E-state index is 12.0. The van der Waals surface area contributed by atoms with E-state index in [0.717, 1.165) is 24.8 Å². The number of nitrogens with zero attached hydrogens (tertiary/aromatic N) is 1. The lowest BCUT2D eigenvalue weighted by Crippen LogP contribution is -2.40. The molecule has 0 spiro atoms.